The van der Waals surface area contributed by atoms with Crippen LogP contribution in [-0.4, -0.2) is 24.4 Å². The fourth-order valence-corrected chi connectivity index (χ4v) is 1.84. The molecule has 0 saturated heterocycles. The summed E-state index contributed by atoms with van der Waals surface area (Å²) in [5.41, 5.74) is 2.31. The first-order valence-electron chi connectivity index (χ1n) is 4.14. The van der Waals surface area contributed by atoms with Gasteiger partial charge in [-0.15, -0.1) is 0 Å². The normalized spacial score (nSPS) is 13.2. The molecule has 0 radical (unpaired) electrons. The van der Waals surface area contributed by atoms with E-state index in [4.69, 9.17) is 14.2 Å². The molecule has 0 rings (SSSR count). The van der Waals surface area contributed by atoms with Crippen LogP contribution in [0.15, 0.2) is 0 Å². The summed E-state index contributed by atoms with van der Waals surface area (Å²) >= 11 is 0. The van der Waals surface area contributed by atoms with Crippen LogP contribution in [-0.2, 0) is 13.6 Å². The van der Waals surface area contributed by atoms with Crippen LogP contribution >= 0.6 is 7.60 Å². The van der Waals surface area contributed by atoms with Crippen molar-refractivity contribution in [3.8, 4) is 11.6 Å². The van der Waals surface area contributed by atoms with Crippen LogP contribution in [0.1, 0.15) is 20.8 Å². The molecule has 0 aliphatic carbocycles. The zero-order valence-electron chi connectivity index (χ0n) is 8.11. The second-order valence-electron chi connectivity index (χ2n) is 2.27. The predicted octanol–water partition coefficient (Wildman–Crippen LogP) is 1.59. The van der Waals surface area contributed by atoms with E-state index < -0.39 is 13.7 Å². The van der Waals surface area contributed by atoms with Crippen molar-refractivity contribution < 1.29 is 18.7 Å². The van der Waals surface area contributed by atoms with Gasteiger partial charge >= 0.3 is 7.60 Å². The van der Waals surface area contributed by atoms with E-state index >= 15 is 0 Å². The Kier molecular flexibility index (Phi) is 6.02. The third kappa shape index (κ3) is 5.84. The van der Waals surface area contributed by atoms with Gasteiger partial charge in [-0.05, 0) is 20.8 Å². The lowest BCUT2D eigenvalue weighted by Gasteiger charge is -2.09. The van der Waals surface area contributed by atoms with Crippen molar-refractivity contribution in [1.82, 2.24) is 0 Å². The number of aliphatic hydroxyl groups excluding tert-OH is 1. The number of hydrogen-bond donors (Lipinski definition) is 1. The first-order valence-corrected chi connectivity index (χ1v) is 5.68. The Morgan fingerprint density at radius 1 is 1.38 bits per heavy atom. The zero-order valence-corrected chi connectivity index (χ0v) is 9.01. The van der Waals surface area contributed by atoms with Gasteiger partial charge in [-0.25, -0.2) is 4.57 Å². The van der Waals surface area contributed by atoms with Crippen molar-refractivity contribution in [2.75, 3.05) is 13.2 Å². The standard InChI is InChI=1S/C8H15O4P/c1-4-11-13(10,12-5-2)7-6-8(3)9/h8-9H,4-5H2,1-3H3. The molecule has 0 aromatic heterocycles. The van der Waals surface area contributed by atoms with E-state index in [9.17, 15) is 4.57 Å². The highest BCUT2D eigenvalue weighted by Crippen LogP contribution is 2.46. The highest BCUT2D eigenvalue weighted by molar-refractivity contribution is 7.59. The number of hydrogen-bond acceptors (Lipinski definition) is 4. The molecule has 0 fully saturated rings. The molecule has 13 heavy (non-hydrogen) atoms. The Morgan fingerprint density at radius 2 is 1.85 bits per heavy atom. The van der Waals surface area contributed by atoms with Crippen LogP contribution in [0.25, 0.3) is 0 Å². The maximum Gasteiger partial charge on any atom is 0.405 e. The van der Waals surface area contributed by atoms with Gasteiger partial charge < -0.3 is 5.11 Å². The van der Waals surface area contributed by atoms with E-state index in [0.717, 1.165) is 0 Å². The molecule has 5 heteroatoms. The Labute approximate surface area is 78.8 Å². The van der Waals surface area contributed by atoms with Crippen molar-refractivity contribution in [2.45, 2.75) is 26.9 Å². The van der Waals surface area contributed by atoms with Crippen LogP contribution in [0.2, 0.25) is 0 Å². The lowest BCUT2D eigenvalue weighted by atomic mass is 10.4. The summed E-state index contributed by atoms with van der Waals surface area (Å²) in [7, 11) is -3.29. The summed E-state index contributed by atoms with van der Waals surface area (Å²) in [4.78, 5) is 0. The Bertz CT molecular complexity index is 228. The van der Waals surface area contributed by atoms with Crippen molar-refractivity contribution in [1.29, 1.82) is 0 Å². The van der Waals surface area contributed by atoms with Crippen molar-refractivity contribution in [2.24, 2.45) is 0 Å². The largest absolute Gasteiger partial charge is 0.405 e. The molecule has 1 unspecified atom stereocenters. The highest BCUT2D eigenvalue weighted by atomic mass is 31.2. The van der Waals surface area contributed by atoms with Gasteiger partial charge in [0.15, 0.2) is 0 Å². The summed E-state index contributed by atoms with van der Waals surface area (Å²) in [6, 6.07) is 0. The zero-order chi connectivity index (χ0) is 10.3. The maximum absolute atomic E-state index is 11.6. The fourth-order valence-electron chi connectivity index (χ4n) is 0.614. The molecule has 0 spiro atoms. The molecular formula is C8H15O4P. The molecule has 0 aliphatic rings. The van der Waals surface area contributed by atoms with Crippen molar-refractivity contribution in [3.05, 3.63) is 0 Å². The Balaban J connectivity index is 4.43. The molecule has 0 aliphatic heterocycles. The van der Waals surface area contributed by atoms with E-state index in [1.54, 1.807) is 13.8 Å². The minimum absolute atomic E-state index is 0.270. The lowest BCUT2D eigenvalue weighted by molar-refractivity contribution is 0.229. The average Bonchev–Trinajstić information content (AvgIpc) is 2.02. The van der Waals surface area contributed by atoms with E-state index in [0.29, 0.717) is 0 Å². The van der Waals surface area contributed by atoms with Crippen LogP contribution in [0.4, 0.5) is 0 Å². The smallest absolute Gasteiger partial charge is 0.381 e. The van der Waals surface area contributed by atoms with Gasteiger partial charge in [0.05, 0.1) is 13.2 Å². The minimum atomic E-state index is -3.29. The van der Waals surface area contributed by atoms with E-state index in [2.05, 4.69) is 11.6 Å². The summed E-state index contributed by atoms with van der Waals surface area (Å²) < 4.78 is 21.3. The minimum Gasteiger partial charge on any atom is -0.381 e. The van der Waals surface area contributed by atoms with Gasteiger partial charge in [-0.1, -0.05) is 5.92 Å². The van der Waals surface area contributed by atoms with Gasteiger partial charge in [0, 0.05) is 5.66 Å². The van der Waals surface area contributed by atoms with Gasteiger partial charge in [-0.3, -0.25) is 9.05 Å². The third-order valence-electron chi connectivity index (χ3n) is 1.01. The molecule has 0 amide bonds. The van der Waals surface area contributed by atoms with E-state index in [1.807, 2.05) is 0 Å². The van der Waals surface area contributed by atoms with Crippen LogP contribution in [0.3, 0.4) is 0 Å². The van der Waals surface area contributed by atoms with Crippen LogP contribution in [0, 0.1) is 11.6 Å². The first kappa shape index (κ1) is 12.7. The molecule has 0 aromatic carbocycles. The second-order valence-corrected chi connectivity index (χ2v) is 4.00. The van der Waals surface area contributed by atoms with Crippen LogP contribution < -0.4 is 0 Å². The summed E-state index contributed by atoms with van der Waals surface area (Å²) in [5.74, 6) is 2.35. The van der Waals surface area contributed by atoms with E-state index in [-0.39, 0.29) is 13.2 Å². The molecule has 4 nitrogen and oxygen atoms in total. The SMILES string of the molecule is CCOP(=O)(C#CC(C)O)OCC. The molecule has 0 bridgehead atoms. The molecular weight excluding hydrogens is 191 g/mol. The quantitative estimate of drug-likeness (QED) is 0.560. The summed E-state index contributed by atoms with van der Waals surface area (Å²) in [6.07, 6.45) is -0.825. The van der Waals surface area contributed by atoms with Crippen molar-refractivity contribution in [3.63, 3.8) is 0 Å². The van der Waals surface area contributed by atoms with Gasteiger partial charge in [0.1, 0.15) is 6.10 Å². The first-order chi connectivity index (χ1) is 6.04. The third-order valence-corrected chi connectivity index (χ3v) is 2.61. The topological polar surface area (TPSA) is 55.8 Å². The fraction of sp³-hybridized carbons (Fsp3) is 0.750. The predicted molar refractivity (Wildman–Crippen MR) is 50.3 cm³/mol. The lowest BCUT2D eigenvalue weighted by Crippen LogP contribution is -1.96. The summed E-state index contributed by atoms with van der Waals surface area (Å²) in [6.45, 7) is 5.43. The molecule has 0 saturated carbocycles. The average molecular weight is 206 g/mol. The Hall–Kier alpha value is -0.330. The van der Waals surface area contributed by atoms with Gasteiger partial charge in [-0.2, -0.15) is 0 Å². The maximum atomic E-state index is 11.6. The van der Waals surface area contributed by atoms with Crippen molar-refractivity contribution >= 4 is 7.60 Å². The Morgan fingerprint density at radius 3 is 2.15 bits per heavy atom. The second kappa shape index (κ2) is 6.17. The summed E-state index contributed by atoms with van der Waals surface area (Å²) in [5, 5.41) is 8.85. The number of aliphatic hydroxyl groups is 1. The van der Waals surface area contributed by atoms with Gasteiger partial charge in [0.25, 0.3) is 0 Å². The molecule has 1 N–H and O–H groups in total. The molecule has 1 atom stereocenters. The van der Waals surface area contributed by atoms with Gasteiger partial charge in [0.2, 0.25) is 0 Å². The highest BCUT2D eigenvalue weighted by Gasteiger charge is 2.19. The number of rotatable bonds is 4. The monoisotopic (exact) mass is 206 g/mol. The molecule has 76 valence electrons. The molecule has 0 aromatic rings. The molecule has 0 heterocycles. The van der Waals surface area contributed by atoms with Crippen LogP contribution in [0.5, 0.6) is 0 Å². The van der Waals surface area contributed by atoms with E-state index in [1.165, 1.54) is 6.92 Å².